The Balaban J connectivity index is 2.95. The van der Waals surface area contributed by atoms with E-state index in [1.165, 1.54) is 0 Å². The minimum atomic E-state index is 0.0555. The summed E-state index contributed by atoms with van der Waals surface area (Å²) in [4.78, 5) is 11.4. The standard InChI is InChI=1S/C10H10Br2O2/c1-2-14-7-3-4-8(9(12)5-7)10(13)6-11/h3-5H,2,6H2,1H3. The first-order valence-electron chi connectivity index (χ1n) is 4.20. The summed E-state index contributed by atoms with van der Waals surface area (Å²) in [6.07, 6.45) is 0. The van der Waals surface area contributed by atoms with Crippen LogP contribution >= 0.6 is 31.9 Å². The highest BCUT2D eigenvalue weighted by atomic mass is 79.9. The van der Waals surface area contributed by atoms with E-state index in [1.54, 1.807) is 18.2 Å². The van der Waals surface area contributed by atoms with Gasteiger partial charge in [-0.25, -0.2) is 0 Å². The van der Waals surface area contributed by atoms with Gasteiger partial charge in [0.25, 0.3) is 0 Å². The number of benzene rings is 1. The molecule has 76 valence electrons. The number of rotatable bonds is 4. The molecule has 0 aliphatic rings. The van der Waals surface area contributed by atoms with E-state index < -0.39 is 0 Å². The monoisotopic (exact) mass is 320 g/mol. The Kier molecular flexibility index (Phi) is 4.62. The highest BCUT2D eigenvalue weighted by molar-refractivity contribution is 9.10. The molecule has 1 aromatic carbocycles. The maximum atomic E-state index is 11.4. The van der Waals surface area contributed by atoms with Crippen molar-refractivity contribution < 1.29 is 9.53 Å². The van der Waals surface area contributed by atoms with E-state index in [1.807, 2.05) is 6.92 Å². The van der Waals surface area contributed by atoms with Gasteiger partial charge in [0.05, 0.1) is 11.9 Å². The van der Waals surface area contributed by atoms with Crippen LogP contribution in [0.15, 0.2) is 22.7 Å². The highest BCUT2D eigenvalue weighted by Crippen LogP contribution is 2.23. The van der Waals surface area contributed by atoms with Gasteiger partial charge in [-0.1, -0.05) is 15.9 Å². The van der Waals surface area contributed by atoms with Gasteiger partial charge >= 0.3 is 0 Å². The fraction of sp³-hybridized carbons (Fsp3) is 0.300. The zero-order valence-corrected chi connectivity index (χ0v) is 10.9. The molecule has 0 saturated carbocycles. The summed E-state index contributed by atoms with van der Waals surface area (Å²) >= 11 is 6.47. The van der Waals surface area contributed by atoms with Gasteiger partial charge in [-0.2, -0.15) is 0 Å². The van der Waals surface area contributed by atoms with Crippen molar-refractivity contribution in [3.63, 3.8) is 0 Å². The second kappa shape index (κ2) is 5.51. The highest BCUT2D eigenvalue weighted by Gasteiger charge is 2.08. The van der Waals surface area contributed by atoms with Crippen LogP contribution in [0.2, 0.25) is 0 Å². The lowest BCUT2D eigenvalue weighted by Crippen LogP contribution is -2.01. The van der Waals surface area contributed by atoms with Crippen LogP contribution in [-0.4, -0.2) is 17.7 Å². The second-order valence-corrected chi connectivity index (χ2v) is 4.05. The SMILES string of the molecule is CCOc1ccc(C(=O)CBr)c(Br)c1. The quantitative estimate of drug-likeness (QED) is 0.627. The van der Waals surface area contributed by atoms with Crippen LogP contribution in [0.25, 0.3) is 0 Å². The second-order valence-electron chi connectivity index (χ2n) is 2.63. The Morgan fingerprint density at radius 3 is 2.71 bits per heavy atom. The van der Waals surface area contributed by atoms with E-state index >= 15 is 0 Å². The molecule has 0 spiro atoms. The van der Waals surface area contributed by atoms with Gasteiger partial charge in [-0.3, -0.25) is 4.79 Å². The van der Waals surface area contributed by atoms with Gasteiger partial charge in [0.2, 0.25) is 0 Å². The van der Waals surface area contributed by atoms with Crippen molar-refractivity contribution in [1.82, 2.24) is 0 Å². The number of ether oxygens (including phenoxy) is 1. The third kappa shape index (κ3) is 2.82. The van der Waals surface area contributed by atoms with Crippen LogP contribution in [0.4, 0.5) is 0 Å². The lowest BCUT2D eigenvalue weighted by atomic mass is 10.1. The molecular weight excluding hydrogens is 312 g/mol. The molecule has 0 aromatic heterocycles. The maximum Gasteiger partial charge on any atom is 0.174 e. The van der Waals surface area contributed by atoms with Crippen LogP contribution in [0.1, 0.15) is 17.3 Å². The van der Waals surface area contributed by atoms with Gasteiger partial charge in [-0.05, 0) is 41.1 Å². The van der Waals surface area contributed by atoms with E-state index in [2.05, 4.69) is 31.9 Å². The molecule has 0 saturated heterocycles. The topological polar surface area (TPSA) is 26.3 Å². The first kappa shape index (κ1) is 11.7. The molecule has 0 aliphatic carbocycles. The third-order valence-corrected chi connectivity index (χ3v) is 2.84. The number of halogens is 2. The van der Waals surface area contributed by atoms with Crippen molar-refractivity contribution in [2.45, 2.75) is 6.92 Å². The van der Waals surface area contributed by atoms with E-state index in [4.69, 9.17) is 4.74 Å². The van der Waals surface area contributed by atoms with Crippen molar-refractivity contribution in [2.75, 3.05) is 11.9 Å². The Bertz CT molecular complexity index is 337. The molecule has 0 radical (unpaired) electrons. The first-order chi connectivity index (χ1) is 6.69. The van der Waals surface area contributed by atoms with Gasteiger partial charge in [0.1, 0.15) is 5.75 Å². The molecule has 0 N–H and O–H groups in total. The normalized spacial score (nSPS) is 9.93. The minimum absolute atomic E-state index is 0.0555. The summed E-state index contributed by atoms with van der Waals surface area (Å²) in [6.45, 7) is 2.55. The van der Waals surface area contributed by atoms with Crippen molar-refractivity contribution in [3.05, 3.63) is 28.2 Å². The zero-order valence-electron chi connectivity index (χ0n) is 7.72. The number of hydrogen-bond acceptors (Lipinski definition) is 2. The first-order valence-corrected chi connectivity index (χ1v) is 6.12. The van der Waals surface area contributed by atoms with Gasteiger partial charge < -0.3 is 4.74 Å². The molecule has 0 bridgehead atoms. The molecule has 0 heterocycles. The molecule has 0 aliphatic heterocycles. The lowest BCUT2D eigenvalue weighted by molar-refractivity contribution is 0.102. The lowest BCUT2D eigenvalue weighted by Gasteiger charge is -2.05. The summed E-state index contributed by atoms with van der Waals surface area (Å²) in [7, 11) is 0. The third-order valence-electron chi connectivity index (χ3n) is 1.67. The Hall–Kier alpha value is -0.350. The fourth-order valence-electron chi connectivity index (χ4n) is 1.05. The summed E-state index contributed by atoms with van der Waals surface area (Å²) in [5, 5.41) is 0.333. The predicted molar refractivity (Wildman–Crippen MR) is 63.4 cm³/mol. The average Bonchev–Trinajstić information content (AvgIpc) is 2.17. The summed E-state index contributed by atoms with van der Waals surface area (Å²) < 4.78 is 6.07. The minimum Gasteiger partial charge on any atom is -0.494 e. The summed E-state index contributed by atoms with van der Waals surface area (Å²) in [5.41, 5.74) is 0.672. The number of alkyl halides is 1. The van der Waals surface area contributed by atoms with Crippen LogP contribution in [0, 0.1) is 0 Å². The molecule has 0 amide bonds. The van der Waals surface area contributed by atoms with Gasteiger partial charge in [-0.15, -0.1) is 0 Å². The van der Waals surface area contributed by atoms with Crippen LogP contribution in [0.3, 0.4) is 0 Å². The van der Waals surface area contributed by atoms with E-state index in [9.17, 15) is 4.79 Å². The smallest absolute Gasteiger partial charge is 0.174 e. The van der Waals surface area contributed by atoms with Crippen molar-refractivity contribution in [3.8, 4) is 5.75 Å². The number of ketones is 1. The Morgan fingerprint density at radius 1 is 1.50 bits per heavy atom. The van der Waals surface area contributed by atoms with Crippen LogP contribution < -0.4 is 4.74 Å². The van der Waals surface area contributed by atoms with Crippen molar-refractivity contribution in [2.24, 2.45) is 0 Å². The van der Waals surface area contributed by atoms with E-state index in [0.717, 1.165) is 10.2 Å². The molecule has 2 nitrogen and oxygen atoms in total. The molecule has 4 heteroatoms. The maximum absolute atomic E-state index is 11.4. The molecule has 0 unspecified atom stereocenters. The molecular formula is C10H10Br2O2. The number of carbonyl (C=O) groups excluding carboxylic acids is 1. The Morgan fingerprint density at radius 2 is 2.21 bits per heavy atom. The van der Waals surface area contributed by atoms with E-state index in [-0.39, 0.29) is 5.78 Å². The summed E-state index contributed by atoms with van der Waals surface area (Å²) in [6, 6.07) is 5.36. The number of hydrogen-bond donors (Lipinski definition) is 0. The number of carbonyl (C=O) groups is 1. The molecule has 0 fully saturated rings. The van der Waals surface area contributed by atoms with Crippen molar-refractivity contribution >= 4 is 37.6 Å². The zero-order chi connectivity index (χ0) is 10.6. The van der Waals surface area contributed by atoms with E-state index in [0.29, 0.717) is 17.5 Å². The van der Waals surface area contributed by atoms with Crippen molar-refractivity contribution in [1.29, 1.82) is 0 Å². The molecule has 0 atom stereocenters. The molecule has 1 aromatic rings. The van der Waals surface area contributed by atoms with Gasteiger partial charge in [0, 0.05) is 10.0 Å². The average molecular weight is 322 g/mol. The van der Waals surface area contributed by atoms with Crippen LogP contribution in [-0.2, 0) is 0 Å². The van der Waals surface area contributed by atoms with Crippen LogP contribution in [0.5, 0.6) is 5.75 Å². The summed E-state index contributed by atoms with van der Waals surface area (Å²) in [5.74, 6) is 0.824. The molecule has 1 rings (SSSR count). The van der Waals surface area contributed by atoms with Gasteiger partial charge in [0.15, 0.2) is 5.78 Å². The predicted octanol–water partition coefficient (Wildman–Crippen LogP) is 3.43. The largest absolute Gasteiger partial charge is 0.494 e. The fourth-order valence-corrected chi connectivity index (χ4v) is 1.93. The molecule has 14 heavy (non-hydrogen) atoms. The number of Topliss-reactive ketones (excluding diaryl/α,β-unsaturated/α-hetero) is 1. The Labute approximate surface area is 99.9 Å².